The zero-order valence-corrected chi connectivity index (χ0v) is 11.7. The second-order valence-electron chi connectivity index (χ2n) is 5.26. The van der Waals surface area contributed by atoms with Crippen LogP contribution in [0.5, 0.6) is 5.75 Å². The molecule has 0 unspecified atom stereocenters. The smallest absolute Gasteiger partial charge is 0.119 e. The minimum absolute atomic E-state index is 0.0940. The maximum atomic E-state index is 8.95. The van der Waals surface area contributed by atoms with Gasteiger partial charge in [0, 0.05) is 0 Å². The van der Waals surface area contributed by atoms with Crippen molar-refractivity contribution < 1.29 is 9.84 Å². The Kier molecular flexibility index (Phi) is 6.18. The molecule has 19 heavy (non-hydrogen) atoms. The van der Waals surface area contributed by atoms with Crippen molar-refractivity contribution in [3.63, 3.8) is 0 Å². The van der Waals surface area contributed by atoms with Gasteiger partial charge in [0.1, 0.15) is 5.75 Å². The molecule has 0 atom stereocenters. The molecule has 2 rings (SSSR count). The summed E-state index contributed by atoms with van der Waals surface area (Å²) in [5.41, 5.74) is 0.929. The molecule has 0 aliphatic carbocycles. The van der Waals surface area contributed by atoms with Crippen LogP contribution in [0.4, 0.5) is 0 Å². The first-order chi connectivity index (χ1) is 9.38. The third kappa shape index (κ3) is 5.21. The van der Waals surface area contributed by atoms with E-state index < -0.39 is 0 Å². The Hall–Kier alpha value is -1.06. The van der Waals surface area contributed by atoms with E-state index in [9.17, 15) is 0 Å². The van der Waals surface area contributed by atoms with Crippen LogP contribution in [0.3, 0.4) is 0 Å². The van der Waals surface area contributed by atoms with Gasteiger partial charge in [-0.15, -0.1) is 0 Å². The summed E-state index contributed by atoms with van der Waals surface area (Å²) >= 11 is 0. The highest BCUT2D eigenvalue weighted by Gasteiger charge is 2.09. The van der Waals surface area contributed by atoms with Gasteiger partial charge in [-0.3, -0.25) is 0 Å². The molecule has 0 radical (unpaired) electrons. The quantitative estimate of drug-likeness (QED) is 0.732. The standard InChI is InChI=1S/C16H25NO2/c18-14-15-6-8-16(9-7-15)19-13-5-1-2-10-17-11-3-4-12-17/h6-9,18H,1-5,10-14H2. The number of hydrogen-bond donors (Lipinski definition) is 1. The van der Waals surface area contributed by atoms with E-state index >= 15 is 0 Å². The van der Waals surface area contributed by atoms with Gasteiger partial charge < -0.3 is 14.7 Å². The van der Waals surface area contributed by atoms with Crippen LogP contribution in [0.15, 0.2) is 24.3 Å². The molecule has 1 aromatic carbocycles. The molecule has 3 heteroatoms. The maximum absolute atomic E-state index is 8.95. The van der Waals surface area contributed by atoms with Crippen LogP contribution in [0.25, 0.3) is 0 Å². The SMILES string of the molecule is OCc1ccc(OCCCCCN2CCCC2)cc1. The van der Waals surface area contributed by atoms with Crippen LogP contribution in [0.1, 0.15) is 37.7 Å². The number of rotatable bonds is 8. The summed E-state index contributed by atoms with van der Waals surface area (Å²) in [5, 5.41) is 8.95. The predicted octanol–water partition coefficient (Wildman–Crippen LogP) is 2.82. The lowest BCUT2D eigenvalue weighted by Gasteiger charge is -2.13. The van der Waals surface area contributed by atoms with Crippen molar-refractivity contribution in [2.24, 2.45) is 0 Å². The van der Waals surface area contributed by atoms with Crippen LogP contribution in [0, 0.1) is 0 Å². The van der Waals surface area contributed by atoms with Gasteiger partial charge in [0.15, 0.2) is 0 Å². The molecule has 0 aromatic heterocycles. The highest BCUT2D eigenvalue weighted by molar-refractivity contribution is 5.26. The van der Waals surface area contributed by atoms with Crippen LogP contribution >= 0.6 is 0 Å². The lowest BCUT2D eigenvalue weighted by atomic mass is 10.2. The third-order valence-electron chi connectivity index (χ3n) is 3.69. The van der Waals surface area contributed by atoms with Gasteiger partial charge in [-0.25, -0.2) is 0 Å². The highest BCUT2D eigenvalue weighted by Crippen LogP contribution is 2.13. The summed E-state index contributed by atoms with van der Waals surface area (Å²) < 4.78 is 5.68. The van der Waals surface area contributed by atoms with Gasteiger partial charge >= 0.3 is 0 Å². The topological polar surface area (TPSA) is 32.7 Å². The molecule has 1 aromatic rings. The number of aliphatic hydroxyl groups is 1. The lowest BCUT2D eigenvalue weighted by Crippen LogP contribution is -2.20. The highest BCUT2D eigenvalue weighted by atomic mass is 16.5. The molecular formula is C16H25NO2. The fourth-order valence-electron chi connectivity index (χ4n) is 2.50. The average molecular weight is 263 g/mol. The van der Waals surface area contributed by atoms with Crippen LogP contribution in [0.2, 0.25) is 0 Å². The van der Waals surface area contributed by atoms with Crippen molar-refractivity contribution in [1.82, 2.24) is 4.90 Å². The number of benzene rings is 1. The van der Waals surface area contributed by atoms with E-state index in [1.807, 2.05) is 24.3 Å². The number of hydrogen-bond acceptors (Lipinski definition) is 3. The van der Waals surface area contributed by atoms with Gasteiger partial charge in [0.25, 0.3) is 0 Å². The first-order valence-corrected chi connectivity index (χ1v) is 7.43. The third-order valence-corrected chi connectivity index (χ3v) is 3.69. The van der Waals surface area contributed by atoms with Gasteiger partial charge in [0.05, 0.1) is 13.2 Å². The summed E-state index contributed by atoms with van der Waals surface area (Å²) in [6.45, 7) is 4.74. The second-order valence-corrected chi connectivity index (χ2v) is 5.26. The number of unbranched alkanes of at least 4 members (excludes halogenated alkanes) is 2. The first-order valence-electron chi connectivity index (χ1n) is 7.43. The Labute approximate surface area is 116 Å². The molecule has 0 bridgehead atoms. The summed E-state index contributed by atoms with van der Waals surface area (Å²) in [5.74, 6) is 0.900. The van der Waals surface area contributed by atoms with Gasteiger partial charge in [0.2, 0.25) is 0 Å². The molecule has 1 saturated heterocycles. The molecular weight excluding hydrogens is 238 g/mol. The molecule has 1 N–H and O–H groups in total. The van der Waals surface area contributed by atoms with Gasteiger partial charge in [-0.2, -0.15) is 0 Å². The fourth-order valence-corrected chi connectivity index (χ4v) is 2.50. The van der Waals surface area contributed by atoms with E-state index in [0.717, 1.165) is 24.3 Å². The van der Waals surface area contributed by atoms with Crippen LogP contribution in [-0.2, 0) is 6.61 Å². The second kappa shape index (κ2) is 8.18. The number of ether oxygens (including phenoxy) is 1. The summed E-state index contributed by atoms with van der Waals surface area (Å²) in [4.78, 5) is 2.56. The Balaban J connectivity index is 1.51. The monoisotopic (exact) mass is 263 g/mol. The van der Waals surface area contributed by atoms with Crippen molar-refractivity contribution in [1.29, 1.82) is 0 Å². The summed E-state index contributed by atoms with van der Waals surface area (Å²) in [6, 6.07) is 7.66. The molecule has 3 nitrogen and oxygen atoms in total. The van der Waals surface area contributed by atoms with E-state index in [1.165, 1.54) is 45.3 Å². The molecule has 106 valence electrons. The molecule has 1 heterocycles. The van der Waals surface area contributed by atoms with Crippen molar-refractivity contribution in [3.05, 3.63) is 29.8 Å². The lowest BCUT2D eigenvalue weighted by molar-refractivity contribution is 0.280. The predicted molar refractivity (Wildman–Crippen MR) is 77.4 cm³/mol. The largest absolute Gasteiger partial charge is 0.494 e. The van der Waals surface area contributed by atoms with Gasteiger partial charge in [-0.1, -0.05) is 12.1 Å². The van der Waals surface area contributed by atoms with E-state index in [2.05, 4.69) is 4.90 Å². The molecule has 0 saturated carbocycles. The zero-order chi connectivity index (χ0) is 13.3. The van der Waals surface area contributed by atoms with Gasteiger partial charge in [-0.05, 0) is 69.4 Å². The van der Waals surface area contributed by atoms with Crippen molar-refractivity contribution in [2.45, 2.75) is 38.7 Å². The minimum Gasteiger partial charge on any atom is -0.494 e. The number of nitrogens with zero attached hydrogens (tertiary/aromatic N) is 1. The van der Waals surface area contributed by atoms with E-state index in [1.54, 1.807) is 0 Å². The maximum Gasteiger partial charge on any atom is 0.119 e. The molecule has 1 aliphatic rings. The Morgan fingerprint density at radius 2 is 1.74 bits per heavy atom. The molecule has 1 aliphatic heterocycles. The van der Waals surface area contributed by atoms with Crippen LogP contribution < -0.4 is 4.74 Å². The molecule has 0 amide bonds. The average Bonchev–Trinajstić information content (AvgIpc) is 2.96. The Morgan fingerprint density at radius 3 is 2.42 bits per heavy atom. The Morgan fingerprint density at radius 1 is 1.00 bits per heavy atom. The summed E-state index contributed by atoms with van der Waals surface area (Å²) in [6.07, 6.45) is 6.41. The zero-order valence-electron chi connectivity index (χ0n) is 11.7. The number of aliphatic hydroxyl groups excluding tert-OH is 1. The van der Waals surface area contributed by atoms with E-state index in [4.69, 9.17) is 9.84 Å². The van der Waals surface area contributed by atoms with E-state index in [0.29, 0.717) is 0 Å². The van der Waals surface area contributed by atoms with E-state index in [-0.39, 0.29) is 6.61 Å². The Bertz CT molecular complexity index is 344. The minimum atomic E-state index is 0.0940. The normalized spacial score (nSPS) is 15.8. The number of likely N-dealkylation sites (tertiary alicyclic amines) is 1. The molecule has 0 spiro atoms. The first kappa shape index (κ1) is 14.4. The molecule has 1 fully saturated rings. The fraction of sp³-hybridized carbons (Fsp3) is 0.625. The van der Waals surface area contributed by atoms with Crippen LogP contribution in [-0.4, -0.2) is 36.2 Å². The summed E-state index contributed by atoms with van der Waals surface area (Å²) in [7, 11) is 0. The van der Waals surface area contributed by atoms with Crippen molar-refractivity contribution in [3.8, 4) is 5.75 Å². The van der Waals surface area contributed by atoms with Crippen molar-refractivity contribution in [2.75, 3.05) is 26.2 Å². The van der Waals surface area contributed by atoms with Crippen molar-refractivity contribution >= 4 is 0 Å².